The van der Waals surface area contributed by atoms with Crippen LogP contribution in [0.1, 0.15) is 17.3 Å². The highest BCUT2D eigenvalue weighted by Crippen LogP contribution is 2.36. The maximum absolute atomic E-state index is 13.8. The van der Waals surface area contributed by atoms with Crippen LogP contribution in [0.3, 0.4) is 0 Å². The summed E-state index contributed by atoms with van der Waals surface area (Å²) in [5, 5.41) is 2.68. The molecular weight excluding hydrogens is 349 g/mol. The van der Waals surface area contributed by atoms with Crippen molar-refractivity contribution in [1.82, 2.24) is 4.90 Å². The third-order valence-corrected chi connectivity index (χ3v) is 4.31. The predicted molar refractivity (Wildman–Crippen MR) is 102 cm³/mol. The van der Waals surface area contributed by atoms with E-state index in [-0.39, 0.29) is 11.5 Å². The van der Waals surface area contributed by atoms with Gasteiger partial charge < -0.3 is 19.9 Å². The highest BCUT2D eigenvalue weighted by Gasteiger charge is 2.31. The summed E-state index contributed by atoms with van der Waals surface area (Å²) in [4.78, 5) is 28.5. The molecule has 2 aromatic carbocycles. The van der Waals surface area contributed by atoms with Crippen molar-refractivity contribution in [2.75, 3.05) is 37.4 Å². The van der Waals surface area contributed by atoms with E-state index in [9.17, 15) is 14.0 Å². The lowest BCUT2D eigenvalue weighted by Crippen LogP contribution is -2.46. The van der Waals surface area contributed by atoms with E-state index in [1.54, 1.807) is 36.1 Å². The van der Waals surface area contributed by atoms with Crippen LogP contribution in [0, 0.1) is 5.82 Å². The number of amides is 2. The summed E-state index contributed by atoms with van der Waals surface area (Å²) >= 11 is 0. The zero-order chi connectivity index (χ0) is 19.6. The van der Waals surface area contributed by atoms with Gasteiger partial charge in [-0.1, -0.05) is 12.1 Å². The van der Waals surface area contributed by atoms with E-state index in [1.807, 2.05) is 19.0 Å². The van der Waals surface area contributed by atoms with Gasteiger partial charge in [0, 0.05) is 18.8 Å². The normalized spacial score (nSPS) is 16.1. The van der Waals surface area contributed by atoms with Gasteiger partial charge in [0.2, 0.25) is 0 Å². The van der Waals surface area contributed by atoms with Crippen molar-refractivity contribution < 1.29 is 18.7 Å². The van der Waals surface area contributed by atoms with Crippen LogP contribution in [-0.2, 0) is 4.79 Å². The molecule has 6 nitrogen and oxygen atoms in total. The first kappa shape index (κ1) is 18.8. The van der Waals surface area contributed by atoms with Gasteiger partial charge in [-0.2, -0.15) is 0 Å². The number of fused-ring (bicyclic) bond motifs is 1. The van der Waals surface area contributed by atoms with Crippen molar-refractivity contribution in [3.63, 3.8) is 0 Å². The number of ether oxygens (including phenoxy) is 1. The fourth-order valence-electron chi connectivity index (χ4n) is 2.86. The molecule has 0 bridgehead atoms. The van der Waals surface area contributed by atoms with Crippen LogP contribution in [0.5, 0.6) is 5.75 Å². The molecule has 142 valence electrons. The molecule has 1 atom stereocenters. The van der Waals surface area contributed by atoms with Gasteiger partial charge in [0.25, 0.3) is 11.8 Å². The highest BCUT2D eigenvalue weighted by molar-refractivity contribution is 6.05. The molecule has 1 N–H and O–H groups in total. The van der Waals surface area contributed by atoms with Gasteiger partial charge in [-0.15, -0.1) is 0 Å². The second-order valence-corrected chi connectivity index (χ2v) is 6.67. The number of hydrogen-bond acceptors (Lipinski definition) is 4. The number of hydrogen-bond donors (Lipinski definition) is 1. The SMILES string of the molecule is CC1Oc2ccc(NC(=O)c3ccccc3F)cc2N(CCN(C)C)C1=O. The molecule has 0 radical (unpaired) electrons. The summed E-state index contributed by atoms with van der Waals surface area (Å²) in [5.41, 5.74) is 1.01. The van der Waals surface area contributed by atoms with E-state index in [0.29, 0.717) is 30.2 Å². The van der Waals surface area contributed by atoms with Crippen molar-refractivity contribution in [1.29, 1.82) is 0 Å². The van der Waals surface area contributed by atoms with Gasteiger partial charge in [-0.05, 0) is 51.4 Å². The summed E-state index contributed by atoms with van der Waals surface area (Å²) < 4.78 is 19.5. The number of nitrogens with one attached hydrogen (secondary N) is 1. The Balaban J connectivity index is 1.87. The minimum Gasteiger partial charge on any atom is -0.479 e. The number of rotatable bonds is 5. The number of carbonyl (C=O) groups excluding carboxylic acids is 2. The first-order chi connectivity index (χ1) is 12.9. The van der Waals surface area contributed by atoms with E-state index in [1.165, 1.54) is 18.2 Å². The van der Waals surface area contributed by atoms with Crippen LogP contribution < -0.4 is 15.0 Å². The van der Waals surface area contributed by atoms with Crippen LogP contribution in [0.15, 0.2) is 42.5 Å². The first-order valence-electron chi connectivity index (χ1n) is 8.69. The van der Waals surface area contributed by atoms with E-state index in [2.05, 4.69) is 5.32 Å². The number of carbonyl (C=O) groups is 2. The Bertz CT molecular complexity index is 869. The Kier molecular flexibility index (Phi) is 5.41. The zero-order valence-corrected chi connectivity index (χ0v) is 15.5. The number of likely N-dealkylation sites (N-methyl/N-ethyl adjacent to an activating group) is 1. The Morgan fingerprint density at radius 2 is 2.00 bits per heavy atom. The second kappa shape index (κ2) is 7.75. The van der Waals surface area contributed by atoms with Crippen LogP contribution in [0.2, 0.25) is 0 Å². The molecule has 7 heteroatoms. The Morgan fingerprint density at radius 3 is 2.70 bits per heavy atom. The molecule has 3 rings (SSSR count). The summed E-state index contributed by atoms with van der Waals surface area (Å²) in [5.74, 6) is -0.705. The average molecular weight is 371 g/mol. The van der Waals surface area contributed by atoms with Crippen LogP contribution in [0.4, 0.5) is 15.8 Å². The van der Waals surface area contributed by atoms with Crippen molar-refractivity contribution in [2.45, 2.75) is 13.0 Å². The first-order valence-corrected chi connectivity index (χ1v) is 8.69. The molecule has 1 heterocycles. The molecule has 0 spiro atoms. The topological polar surface area (TPSA) is 61.9 Å². The van der Waals surface area contributed by atoms with Crippen LogP contribution in [0.25, 0.3) is 0 Å². The largest absolute Gasteiger partial charge is 0.479 e. The van der Waals surface area contributed by atoms with E-state index >= 15 is 0 Å². The number of nitrogens with zero attached hydrogens (tertiary/aromatic N) is 2. The lowest BCUT2D eigenvalue weighted by molar-refractivity contribution is -0.125. The van der Waals surface area contributed by atoms with E-state index in [4.69, 9.17) is 4.74 Å². The lowest BCUT2D eigenvalue weighted by atomic mass is 10.1. The summed E-state index contributed by atoms with van der Waals surface area (Å²) in [7, 11) is 3.86. The average Bonchev–Trinajstić information content (AvgIpc) is 2.62. The molecule has 2 aromatic rings. The van der Waals surface area contributed by atoms with E-state index < -0.39 is 17.8 Å². The molecule has 2 amide bonds. The summed E-state index contributed by atoms with van der Waals surface area (Å²) in [6, 6.07) is 10.8. The Labute approximate surface area is 157 Å². The van der Waals surface area contributed by atoms with Gasteiger partial charge in [-0.25, -0.2) is 4.39 Å². The van der Waals surface area contributed by atoms with Crippen LogP contribution >= 0.6 is 0 Å². The van der Waals surface area contributed by atoms with Crippen LogP contribution in [-0.4, -0.2) is 50.0 Å². The molecule has 1 aliphatic heterocycles. The van der Waals surface area contributed by atoms with Crippen molar-refractivity contribution in [3.05, 3.63) is 53.8 Å². The standard InChI is InChI=1S/C20H22FN3O3/c1-13-20(26)24(11-10-23(2)3)17-12-14(8-9-18(17)27-13)22-19(25)15-6-4-5-7-16(15)21/h4-9,12-13H,10-11H2,1-3H3,(H,22,25). The monoisotopic (exact) mass is 371 g/mol. The highest BCUT2D eigenvalue weighted by atomic mass is 19.1. The van der Waals surface area contributed by atoms with Crippen molar-refractivity contribution >= 4 is 23.2 Å². The quantitative estimate of drug-likeness (QED) is 0.878. The minimum absolute atomic E-state index is 0.0411. The molecule has 0 saturated carbocycles. The predicted octanol–water partition coefficient (Wildman–Crippen LogP) is 2.75. The smallest absolute Gasteiger partial charge is 0.267 e. The van der Waals surface area contributed by atoms with E-state index in [0.717, 1.165) is 0 Å². The number of benzene rings is 2. The number of halogens is 1. The minimum atomic E-state index is -0.590. The fourth-order valence-corrected chi connectivity index (χ4v) is 2.86. The zero-order valence-electron chi connectivity index (χ0n) is 15.5. The third kappa shape index (κ3) is 4.09. The number of anilines is 2. The molecular formula is C20H22FN3O3. The summed E-state index contributed by atoms with van der Waals surface area (Å²) in [6.45, 7) is 2.89. The van der Waals surface area contributed by atoms with Gasteiger partial charge in [0.15, 0.2) is 6.10 Å². The van der Waals surface area contributed by atoms with Crippen molar-refractivity contribution in [3.8, 4) is 5.75 Å². The maximum Gasteiger partial charge on any atom is 0.267 e. The second-order valence-electron chi connectivity index (χ2n) is 6.67. The molecule has 27 heavy (non-hydrogen) atoms. The van der Waals surface area contributed by atoms with Crippen molar-refractivity contribution in [2.24, 2.45) is 0 Å². The summed E-state index contributed by atoms with van der Waals surface area (Å²) in [6.07, 6.45) is -0.571. The van der Waals surface area contributed by atoms with Gasteiger partial charge in [0.1, 0.15) is 11.6 Å². The molecule has 1 aliphatic rings. The third-order valence-electron chi connectivity index (χ3n) is 4.31. The fraction of sp³-hybridized carbons (Fsp3) is 0.300. The molecule has 1 unspecified atom stereocenters. The Morgan fingerprint density at radius 1 is 1.26 bits per heavy atom. The molecule has 0 fully saturated rings. The van der Waals surface area contributed by atoms with Gasteiger partial charge >= 0.3 is 0 Å². The lowest BCUT2D eigenvalue weighted by Gasteiger charge is -2.34. The maximum atomic E-state index is 13.8. The van der Waals surface area contributed by atoms with Gasteiger partial charge in [-0.3, -0.25) is 9.59 Å². The molecule has 0 aliphatic carbocycles. The molecule has 0 saturated heterocycles. The molecule has 0 aromatic heterocycles. The van der Waals surface area contributed by atoms with Gasteiger partial charge in [0.05, 0.1) is 11.3 Å². The Hall–Kier alpha value is -2.93.